The SMILES string of the molecule is CCCCCCCCCC/C=C\CCCCCCCCCCCCCC(=O)NC(COP(=O)([O-])OCC[N+](C)(C)C)C(O)/C=C/CCCCCCCCCCCCCCCCCCCCCCCC. The molecule has 0 aromatic heterocycles. The van der Waals surface area contributed by atoms with Crippen LogP contribution in [0.5, 0.6) is 0 Å². The van der Waals surface area contributed by atoms with Crippen LogP contribution < -0.4 is 10.2 Å². The molecular formula is C60H119N2O6P. The molecule has 0 radical (unpaired) electrons. The Morgan fingerprint density at radius 1 is 0.493 bits per heavy atom. The molecule has 410 valence electrons. The number of aliphatic hydroxyl groups excluding tert-OH is 1. The maximum atomic E-state index is 13.0. The third-order valence-corrected chi connectivity index (χ3v) is 14.9. The maximum absolute atomic E-state index is 13.0. The summed E-state index contributed by atoms with van der Waals surface area (Å²) in [6, 6.07) is -0.886. The van der Waals surface area contributed by atoms with E-state index in [1.54, 1.807) is 6.08 Å². The molecule has 3 unspecified atom stereocenters. The quantitative estimate of drug-likeness (QED) is 0.0272. The standard InChI is InChI=1S/C60H119N2O6P/c1-6-8-10-12-14-16-18-20-22-24-26-28-30-32-33-35-37-39-41-43-45-47-49-51-53-59(63)58(57-68-69(65,66)67-56-55-62(3,4)5)61-60(64)54-52-50-48-46-44-42-40-38-36-34-31-29-27-25-23-21-19-17-15-13-11-9-7-2/h25,27,51,53,58-59,63H,6-24,26,28-50,52,54-57H2,1-5H3,(H-,61,64,65,66)/b27-25-,53-51+. The molecule has 0 aliphatic heterocycles. The van der Waals surface area contributed by atoms with Gasteiger partial charge in [-0.05, 0) is 44.9 Å². The molecule has 2 N–H and O–H groups in total. The number of phosphoric acid groups is 1. The zero-order chi connectivity index (χ0) is 50.6. The lowest BCUT2D eigenvalue weighted by molar-refractivity contribution is -0.870. The molecule has 0 saturated carbocycles. The molecule has 0 aliphatic rings. The molecule has 0 aromatic carbocycles. The van der Waals surface area contributed by atoms with E-state index in [4.69, 9.17) is 9.05 Å². The third kappa shape index (κ3) is 54.6. The molecule has 0 spiro atoms. The highest BCUT2D eigenvalue weighted by Gasteiger charge is 2.23. The van der Waals surface area contributed by atoms with Gasteiger partial charge in [0.2, 0.25) is 5.91 Å². The lowest BCUT2D eigenvalue weighted by Gasteiger charge is -2.29. The Morgan fingerprint density at radius 2 is 0.797 bits per heavy atom. The van der Waals surface area contributed by atoms with E-state index in [0.717, 1.165) is 38.5 Å². The fraction of sp³-hybridized carbons (Fsp3) is 0.917. The fourth-order valence-corrected chi connectivity index (χ4v) is 9.87. The maximum Gasteiger partial charge on any atom is 0.268 e. The summed E-state index contributed by atoms with van der Waals surface area (Å²) in [5.74, 6) is -0.193. The van der Waals surface area contributed by atoms with Gasteiger partial charge in [0.15, 0.2) is 0 Å². The molecule has 9 heteroatoms. The van der Waals surface area contributed by atoms with Gasteiger partial charge in [0.1, 0.15) is 13.2 Å². The molecule has 0 rings (SSSR count). The van der Waals surface area contributed by atoms with Crippen molar-refractivity contribution in [1.82, 2.24) is 5.32 Å². The number of nitrogens with one attached hydrogen (secondary N) is 1. The lowest BCUT2D eigenvalue weighted by atomic mass is 10.0. The number of hydrogen-bond acceptors (Lipinski definition) is 6. The summed E-state index contributed by atoms with van der Waals surface area (Å²) in [6.07, 6.45) is 65.4. The average Bonchev–Trinajstić information content (AvgIpc) is 3.31. The van der Waals surface area contributed by atoms with E-state index in [9.17, 15) is 19.4 Å². The number of hydrogen-bond donors (Lipinski definition) is 2. The van der Waals surface area contributed by atoms with Crippen molar-refractivity contribution < 1.29 is 32.9 Å². The number of rotatable bonds is 56. The van der Waals surface area contributed by atoms with E-state index in [0.29, 0.717) is 17.4 Å². The number of phosphoric ester groups is 1. The smallest absolute Gasteiger partial charge is 0.268 e. The molecule has 0 bridgehead atoms. The number of carbonyl (C=O) groups is 1. The van der Waals surface area contributed by atoms with Crippen LogP contribution in [-0.2, 0) is 18.4 Å². The first-order valence-electron chi connectivity index (χ1n) is 30.2. The minimum Gasteiger partial charge on any atom is -0.756 e. The molecule has 0 fully saturated rings. The number of aliphatic hydroxyl groups is 1. The van der Waals surface area contributed by atoms with Crippen LogP contribution in [0, 0.1) is 0 Å². The summed E-state index contributed by atoms with van der Waals surface area (Å²) in [6.45, 7) is 4.70. The summed E-state index contributed by atoms with van der Waals surface area (Å²) >= 11 is 0. The number of quaternary nitrogens is 1. The number of likely N-dealkylation sites (N-methyl/N-ethyl adjacent to an activating group) is 1. The normalized spacial score (nSPS) is 14.0. The van der Waals surface area contributed by atoms with Crippen LogP contribution in [0.4, 0.5) is 0 Å². The van der Waals surface area contributed by atoms with Gasteiger partial charge in [-0.1, -0.05) is 276 Å². The monoisotopic (exact) mass is 995 g/mol. The molecule has 0 saturated heterocycles. The molecule has 0 aromatic rings. The number of amides is 1. The Morgan fingerprint density at radius 3 is 1.13 bits per heavy atom. The van der Waals surface area contributed by atoms with Gasteiger partial charge >= 0.3 is 0 Å². The van der Waals surface area contributed by atoms with Gasteiger partial charge in [0, 0.05) is 6.42 Å². The number of carbonyl (C=O) groups excluding carboxylic acids is 1. The van der Waals surface area contributed by atoms with Crippen molar-refractivity contribution in [1.29, 1.82) is 0 Å². The second kappa shape index (κ2) is 51.9. The van der Waals surface area contributed by atoms with E-state index in [2.05, 4.69) is 31.3 Å². The Balaban J connectivity index is 4.17. The van der Waals surface area contributed by atoms with E-state index in [1.165, 1.54) is 244 Å². The second-order valence-electron chi connectivity index (χ2n) is 22.1. The van der Waals surface area contributed by atoms with Crippen LogP contribution in [0.2, 0.25) is 0 Å². The summed E-state index contributed by atoms with van der Waals surface area (Å²) < 4.78 is 23.4. The van der Waals surface area contributed by atoms with Crippen molar-refractivity contribution >= 4 is 13.7 Å². The molecular weight excluding hydrogens is 876 g/mol. The Labute approximate surface area is 430 Å². The van der Waals surface area contributed by atoms with Crippen LogP contribution in [0.15, 0.2) is 24.3 Å². The fourth-order valence-electron chi connectivity index (χ4n) is 9.15. The van der Waals surface area contributed by atoms with Crippen LogP contribution >= 0.6 is 7.82 Å². The van der Waals surface area contributed by atoms with E-state index >= 15 is 0 Å². The van der Waals surface area contributed by atoms with Gasteiger partial charge in [-0.3, -0.25) is 9.36 Å². The lowest BCUT2D eigenvalue weighted by Crippen LogP contribution is -2.45. The van der Waals surface area contributed by atoms with Gasteiger partial charge in [-0.25, -0.2) is 0 Å². The summed E-state index contributed by atoms with van der Waals surface area (Å²) in [5, 5.41) is 13.9. The van der Waals surface area contributed by atoms with E-state index < -0.39 is 20.0 Å². The third-order valence-electron chi connectivity index (χ3n) is 13.9. The number of nitrogens with zero attached hydrogens (tertiary/aromatic N) is 1. The first-order valence-corrected chi connectivity index (χ1v) is 31.7. The molecule has 0 aliphatic carbocycles. The van der Waals surface area contributed by atoms with Crippen LogP contribution in [-0.4, -0.2) is 68.5 Å². The Bertz CT molecular complexity index is 1170. The molecule has 3 atom stereocenters. The summed E-state index contributed by atoms with van der Waals surface area (Å²) in [4.78, 5) is 25.5. The van der Waals surface area contributed by atoms with Crippen molar-refractivity contribution in [3.63, 3.8) is 0 Å². The van der Waals surface area contributed by atoms with Gasteiger partial charge in [-0.2, -0.15) is 0 Å². The molecule has 1 amide bonds. The molecule has 8 nitrogen and oxygen atoms in total. The second-order valence-corrected chi connectivity index (χ2v) is 23.5. The first kappa shape index (κ1) is 68.0. The number of unbranched alkanes of at least 4 members (excludes halogenated alkanes) is 41. The zero-order valence-electron chi connectivity index (χ0n) is 46.8. The minimum absolute atomic E-state index is 0.000834. The topological polar surface area (TPSA) is 108 Å². The van der Waals surface area contributed by atoms with Crippen molar-refractivity contribution in [3.8, 4) is 0 Å². The Hall–Kier alpha value is -1.02. The predicted molar refractivity (Wildman–Crippen MR) is 298 cm³/mol. The van der Waals surface area contributed by atoms with Crippen molar-refractivity contribution in [2.24, 2.45) is 0 Å². The highest BCUT2D eigenvalue weighted by atomic mass is 31.2. The van der Waals surface area contributed by atoms with Gasteiger partial charge < -0.3 is 28.8 Å². The van der Waals surface area contributed by atoms with Gasteiger partial charge in [0.25, 0.3) is 7.82 Å². The summed E-state index contributed by atoms with van der Waals surface area (Å²) in [5.41, 5.74) is 0. The van der Waals surface area contributed by atoms with Crippen LogP contribution in [0.25, 0.3) is 0 Å². The van der Waals surface area contributed by atoms with Crippen LogP contribution in [0.3, 0.4) is 0 Å². The van der Waals surface area contributed by atoms with E-state index in [-0.39, 0.29) is 19.1 Å². The molecule has 69 heavy (non-hydrogen) atoms. The highest BCUT2D eigenvalue weighted by molar-refractivity contribution is 7.45. The van der Waals surface area contributed by atoms with Crippen molar-refractivity contribution in [3.05, 3.63) is 24.3 Å². The van der Waals surface area contributed by atoms with Gasteiger partial charge in [0.05, 0.1) is 39.9 Å². The molecule has 0 heterocycles. The van der Waals surface area contributed by atoms with E-state index in [1.807, 2.05) is 27.2 Å². The zero-order valence-corrected chi connectivity index (χ0v) is 47.7. The largest absolute Gasteiger partial charge is 0.756 e. The highest BCUT2D eigenvalue weighted by Crippen LogP contribution is 2.38. The van der Waals surface area contributed by atoms with Gasteiger partial charge in [-0.15, -0.1) is 0 Å². The minimum atomic E-state index is -4.60. The predicted octanol–water partition coefficient (Wildman–Crippen LogP) is 17.7. The van der Waals surface area contributed by atoms with Crippen molar-refractivity contribution in [2.45, 2.75) is 315 Å². The first-order chi connectivity index (χ1) is 33.5. The summed E-state index contributed by atoms with van der Waals surface area (Å²) in [7, 11) is 1.27. The average molecular weight is 996 g/mol. The van der Waals surface area contributed by atoms with Crippen LogP contribution in [0.1, 0.15) is 303 Å². The Kier molecular flexibility index (Phi) is 51.1. The van der Waals surface area contributed by atoms with Crippen molar-refractivity contribution in [2.75, 3.05) is 40.9 Å². The number of allylic oxidation sites excluding steroid dienone is 3.